The highest BCUT2D eigenvalue weighted by molar-refractivity contribution is 7.12. The minimum Gasteiger partial charge on any atom is -0.379 e. The molecule has 0 fully saturated rings. The first-order valence-corrected chi connectivity index (χ1v) is 6.50. The molecule has 2 aromatic rings. The molecule has 0 aliphatic rings. The van der Waals surface area contributed by atoms with Crippen molar-refractivity contribution < 1.29 is 4.39 Å². The maximum Gasteiger partial charge on any atom is 0.147 e. The smallest absolute Gasteiger partial charge is 0.147 e. The van der Waals surface area contributed by atoms with Gasteiger partial charge in [-0.25, -0.2) is 4.39 Å². The van der Waals surface area contributed by atoms with Crippen LogP contribution in [0.5, 0.6) is 0 Å². The second kappa shape index (κ2) is 5.07. The zero-order valence-corrected chi connectivity index (χ0v) is 11.3. The highest BCUT2D eigenvalue weighted by Gasteiger charge is 2.05. The maximum absolute atomic E-state index is 13.5. The molecule has 0 aliphatic carbocycles. The Morgan fingerprint density at radius 2 is 2.06 bits per heavy atom. The van der Waals surface area contributed by atoms with Crippen molar-refractivity contribution in [1.82, 2.24) is 0 Å². The molecule has 0 atom stereocenters. The molecule has 1 N–H and O–H groups in total. The molecule has 17 heavy (non-hydrogen) atoms. The Balaban J connectivity index is 2.10. The lowest BCUT2D eigenvalue weighted by Gasteiger charge is -2.07. The van der Waals surface area contributed by atoms with Gasteiger partial charge in [-0.3, -0.25) is 0 Å². The largest absolute Gasteiger partial charge is 0.379 e. The first kappa shape index (κ1) is 12.4. The third-order valence-electron chi connectivity index (χ3n) is 2.54. The summed E-state index contributed by atoms with van der Waals surface area (Å²) in [5, 5.41) is 3.50. The molecule has 1 nitrogen and oxygen atoms in total. The summed E-state index contributed by atoms with van der Waals surface area (Å²) in [7, 11) is 0. The van der Waals surface area contributed by atoms with Crippen LogP contribution in [0.2, 0.25) is 5.02 Å². The van der Waals surface area contributed by atoms with Crippen LogP contribution in [-0.4, -0.2) is 0 Å². The second-order valence-electron chi connectivity index (χ2n) is 3.92. The molecule has 0 saturated heterocycles. The molecular formula is C13H13ClFNS. The molecule has 4 heteroatoms. The summed E-state index contributed by atoms with van der Waals surface area (Å²) in [4.78, 5) is 2.54. The van der Waals surface area contributed by atoms with Crippen LogP contribution in [0.1, 0.15) is 15.3 Å². The van der Waals surface area contributed by atoms with Crippen molar-refractivity contribution in [2.45, 2.75) is 20.4 Å². The van der Waals surface area contributed by atoms with Crippen LogP contribution >= 0.6 is 22.9 Å². The summed E-state index contributed by atoms with van der Waals surface area (Å²) in [5.74, 6) is -0.317. The Morgan fingerprint density at radius 1 is 1.29 bits per heavy atom. The monoisotopic (exact) mass is 269 g/mol. The number of nitrogens with one attached hydrogen (secondary N) is 1. The number of aryl methyl sites for hydroxylation is 2. The molecule has 1 aromatic heterocycles. The Morgan fingerprint density at radius 3 is 2.65 bits per heavy atom. The highest BCUT2D eigenvalue weighted by Crippen LogP contribution is 2.23. The number of rotatable bonds is 3. The molecule has 0 spiro atoms. The van der Waals surface area contributed by atoms with Gasteiger partial charge >= 0.3 is 0 Å². The average Bonchev–Trinajstić information content (AvgIpc) is 2.56. The molecule has 0 bridgehead atoms. The number of thiophene rings is 1. The lowest BCUT2D eigenvalue weighted by Crippen LogP contribution is -2.01. The molecule has 1 heterocycles. The van der Waals surface area contributed by atoms with Gasteiger partial charge in [0.15, 0.2) is 0 Å². The van der Waals surface area contributed by atoms with Gasteiger partial charge in [-0.1, -0.05) is 11.6 Å². The number of hydrogen-bond donors (Lipinski definition) is 1. The van der Waals surface area contributed by atoms with E-state index in [-0.39, 0.29) is 5.82 Å². The number of benzene rings is 1. The fraction of sp³-hybridized carbons (Fsp3) is 0.231. The van der Waals surface area contributed by atoms with Crippen molar-refractivity contribution in [2.75, 3.05) is 5.32 Å². The van der Waals surface area contributed by atoms with Gasteiger partial charge in [0.05, 0.1) is 5.69 Å². The van der Waals surface area contributed by atoms with Crippen molar-refractivity contribution in [2.24, 2.45) is 0 Å². The van der Waals surface area contributed by atoms with Crippen LogP contribution in [0.25, 0.3) is 0 Å². The Hall–Kier alpha value is -1.06. The van der Waals surface area contributed by atoms with Crippen molar-refractivity contribution >= 4 is 28.6 Å². The van der Waals surface area contributed by atoms with Crippen LogP contribution in [0.15, 0.2) is 24.3 Å². The van der Waals surface area contributed by atoms with Crippen molar-refractivity contribution in [3.05, 3.63) is 50.4 Å². The van der Waals surface area contributed by atoms with E-state index in [9.17, 15) is 4.39 Å². The third-order valence-corrected chi connectivity index (χ3v) is 3.79. The van der Waals surface area contributed by atoms with Crippen molar-refractivity contribution in [1.29, 1.82) is 0 Å². The topological polar surface area (TPSA) is 12.0 Å². The van der Waals surface area contributed by atoms with E-state index in [2.05, 4.69) is 25.2 Å². The van der Waals surface area contributed by atoms with Gasteiger partial charge in [-0.2, -0.15) is 0 Å². The van der Waals surface area contributed by atoms with Gasteiger partial charge in [0.25, 0.3) is 0 Å². The van der Waals surface area contributed by atoms with E-state index in [0.717, 1.165) is 0 Å². The van der Waals surface area contributed by atoms with Gasteiger partial charge in [-0.05, 0) is 43.7 Å². The molecule has 0 aliphatic heterocycles. The lowest BCUT2D eigenvalue weighted by molar-refractivity contribution is 0.630. The molecule has 0 amide bonds. The summed E-state index contributed by atoms with van der Waals surface area (Å²) >= 11 is 7.45. The minimum atomic E-state index is -0.317. The summed E-state index contributed by atoms with van der Waals surface area (Å²) < 4.78 is 13.5. The van der Waals surface area contributed by atoms with Gasteiger partial charge in [0.1, 0.15) is 5.82 Å². The van der Waals surface area contributed by atoms with E-state index in [1.807, 2.05) is 0 Å². The van der Waals surface area contributed by atoms with E-state index >= 15 is 0 Å². The first-order chi connectivity index (χ1) is 8.06. The van der Waals surface area contributed by atoms with Crippen LogP contribution < -0.4 is 5.32 Å². The normalized spacial score (nSPS) is 10.6. The van der Waals surface area contributed by atoms with Gasteiger partial charge < -0.3 is 5.32 Å². The fourth-order valence-electron chi connectivity index (χ4n) is 1.68. The third kappa shape index (κ3) is 2.99. The SMILES string of the molecule is Cc1cc(CNc2ccc(Cl)cc2F)c(C)s1. The Bertz CT molecular complexity index is 536. The number of anilines is 1. The average molecular weight is 270 g/mol. The maximum atomic E-state index is 13.5. The predicted molar refractivity (Wildman–Crippen MR) is 72.5 cm³/mol. The van der Waals surface area contributed by atoms with Gasteiger partial charge in [-0.15, -0.1) is 11.3 Å². The Kier molecular flexibility index (Phi) is 3.69. The van der Waals surface area contributed by atoms with Gasteiger partial charge in [0, 0.05) is 21.3 Å². The van der Waals surface area contributed by atoms with Crippen molar-refractivity contribution in [3.63, 3.8) is 0 Å². The molecule has 0 radical (unpaired) electrons. The van der Waals surface area contributed by atoms with E-state index < -0.39 is 0 Å². The van der Waals surface area contributed by atoms with E-state index in [1.54, 1.807) is 23.5 Å². The first-order valence-electron chi connectivity index (χ1n) is 5.31. The Labute approximate surface area is 109 Å². The van der Waals surface area contributed by atoms with Crippen LogP contribution in [0.4, 0.5) is 10.1 Å². The van der Waals surface area contributed by atoms with Crippen molar-refractivity contribution in [3.8, 4) is 0 Å². The lowest BCUT2D eigenvalue weighted by atomic mass is 10.2. The minimum absolute atomic E-state index is 0.317. The zero-order chi connectivity index (χ0) is 12.4. The fourth-order valence-corrected chi connectivity index (χ4v) is 2.79. The zero-order valence-electron chi connectivity index (χ0n) is 9.68. The van der Waals surface area contributed by atoms with Crippen LogP contribution in [0.3, 0.4) is 0 Å². The second-order valence-corrected chi connectivity index (χ2v) is 5.81. The summed E-state index contributed by atoms with van der Waals surface area (Å²) in [6.07, 6.45) is 0. The summed E-state index contributed by atoms with van der Waals surface area (Å²) in [6, 6.07) is 6.78. The van der Waals surface area contributed by atoms with Crippen LogP contribution in [0, 0.1) is 19.7 Å². The quantitative estimate of drug-likeness (QED) is 0.846. The van der Waals surface area contributed by atoms with Gasteiger partial charge in [0.2, 0.25) is 0 Å². The van der Waals surface area contributed by atoms with E-state index in [0.29, 0.717) is 17.3 Å². The standard InChI is InChI=1S/C13H13ClFNS/c1-8-5-10(9(2)17-8)7-16-13-4-3-11(14)6-12(13)15/h3-6,16H,7H2,1-2H3. The molecule has 0 saturated carbocycles. The molecule has 1 aromatic carbocycles. The number of halogens is 2. The molecule has 0 unspecified atom stereocenters. The predicted octanol–water partition coefficient (Wildman–Crippen LogP) is 4.77. The highest BCUT2D eigenvalue weighted by atomic mass is 35.5. The number of hydrogen-bond acceptors (Lipinski definition) is 2. The molecular weight excluding hydrogens is 257 g/mol. The molecule has 90 valence electrons. The summed E-state index contributed by atoms with van der Waals surface area (Å²) in [5.41, 5.74) is 1.69. The van der Waals surface area contributed by atoms with E-state index in [1.165, 1.54) is 21.4 Å². The van der Waals surface area contributed by atoms with Crippen LogP contribution in [-0.2, 0) is 6.54 Å². The van der Waals surface area contributed by atoms with E-state index in [4.69, 9.17) is 11.6 Å². The summed E-state index contributed by atoms with van der Waals surface area (Å²) in [6.45, 7) is 4.78. The molecule has 2 rings (SSSR count).